The molecule has 186 valence electrons. The Labute approximate surface area is 213 Å². The predicted molar refractivity (Wildman–Crippen MR) is 132 cm³/mol. The van der Waals surface area contributed by atoms with Crippen LogP contribution in [0.4, 0.5) is 28.9 Å². The van der Waals surface area contributed by atoms with Gasteiger partial charge in [-0.2, -0.15) is 13.2 Å². The van der Waals surface area contributed by atoms with Crippen LogP contribution in [0.3, 0.4) is 0 Å². The Hall–Kier alpha value is -3.37. The number of carbonyl (C=O) groups is 2. The summed E-state index contributed by atoms with van der Waals surface area (Å²) in [5, 5.41) is 2.28. The molecular formula is C25H18ClF4N3O2S. The van der Waals surface area contributed by atoms with E-state index in [1.54, 1.807) is 24.3 Å². The number of hydrogen-bond acceptors (Lipinski definition) is 4. The van der Waals surface area contributed by atoms with Crippen LogP contribution in [0.5, 0.6) is 0 Å². The third-order valence-corrected chi connectivity index (χ3v) is 6.60. The van der Waals surface area contributed by atoms with Crippen molar-refractivity contribution in [2.45, 2.75) is 24.4 Å². The van der Waals surface area contributed by atoms with E-state index in [0.717, 1.165) is 23.9 Å². The van der Waals surface area contributed by atoms with Gasteiger partial charge in [0.05, 0.1) is 17.8 Å². The second kappa shape index (κ2) is 10.7. The number of amides is 2. The third-order valence-electron chi connectivity index (χ3n) is 5.18. The average Bonchev–Trinajstić information content (AvgIpc) is 2.82. The number of rotatable bonds is 5. The number of thioether (sulfide) groups is 1. The number of alkyl halides is 3. The van der Waals surface area contributed by atoms with Crippen LogP contribution in [0.2, 0.25) is 5.02 Å². The first-order chi connectivity index (χ1) is 17.1. The lowest BCUT2D eigenvalue weighted by Crippen LogP contribution is -2.44. The van der Waals surface area contributed by atoms with Gasteiger partial charge in [-0.15, -0.1) is 0 Å². The Morgan fingerprint density at radius 1 is 1.08 bits per heavy atom. The zero-order valence-electron chi connectivity index (χ0n) is 18.4. The van der Waals surface area contributed by atoms with Crippen molar-refractivity contribution < 1.29 is 27.2 Å². The van der Waals surface area contributed by atoms with Gasteiger partial charge in [-0.05, 0) is 54.1 Å². The predicted octanol–water partition coefficient (Wildman–Crippen LogP) is 6.66. The molecule has 5 nitrogen and oxygen atoms in total. The van der Waals surface area contributed by atoms with E-state index in [0.29, 0.717) is 16.3 Å². The molecule has 1 saturated heterocycles. The highest BCUT2D eigenvalue weighted by atomic mass is 35.5. The monoisotopic (exact) mass is 535 g/mol. The van der Waals surface area contributed by atoms with Gasteiger partial charge < -0.3 is 5.32 Å². The van der Waals surface area contributed by atoms with Crippen molar-refractivity contribution in [1.82, 2.24) is 4.90 Å². The van der Waals surface area contributed by atoms with E-state index in [2.05, 4.69) is 10.3 Å². The van der Waals surface area contributed by atoms with Crippen molar-refractivity contribution in [2.75, 3.05) is 5.32 Å². The number of nitrogens with zero attached hydrogens (tertiary/aromatic N) is 2. The van der Waals surface area contributed by atoms with E-state index in [1.807, 2.05) is 0 Å². The van der Waals surface area contributed by atoms with Gasteiger partial charge in [-0.1, -0.05) is 47.6 Å². The number of benzene rings is 3. The molecule has 2 amide bonds. The summed E-state index contributed by atoms with van der Waals surface area (Å²) in [6, 6.07) is 16.3. The topological polar surface area (TPSA) is 61.8 Å². The maximum atomic E-state index is 13.3. The number of halogens is 5. The van der Waals surface area contributed by atoms with Crippen molar-refractivity contribution >= 4 is 51.7 Å². The standard InChI is InChI=1S/C25H18ClF4N3O2S/c26-17-4-2-6-20(12-17)31-23(35)21-13-22(34)33(14-15-7-9-18(27)10-8-15)24(36-21)32-19-5-1-3-16(11-19)25(28,29)30/h1-12,21H,13-14H2,(H,31,35). The summed E-state index contributed by atoms with van der Waals surface area (Å²) < 4.78 is 52.9. The molecule has 1 heterocycles. The first-order valence-electron chi connectivity index (χ1n) is 10.6. The fourth-order valence-electron chi connectivity index (χ4n) is 3.42. The number of nitrogens with one attached hydrogen (secondary N) is 1. The minimum absolute atomic E-state index is 0.00649. The summed E-state index contributed by atoms with van der Waals surface area (Å²) in [7, 11) is 0. The molecule has 0 aliphatic carbocycles. The molecule has 0 radical (unpaired) electrons. The molecule has 1 fully saturated rings. The van der Waals surface area contributed by atoms with Crippen LogP contribution < -0.4 is 5.32 Å². The lowest BCUT2D eigenvalue weighted by atomic mass is 10.2. The molecule has 0 bridgehead atoms. The highest BCUT2D eigenvalue weighted by Gasteiger charge is 2.36. The summed E-state index contributed by atoms with van der Waals surface area (Å²) in [4.78, 5) is 31.6. The van der Waals surface area contributed by atoms with Crippen LogP contribution in [0.1, 0.15) is 17.5 Å². The molecule has 0 saturated carbocycles. The van der Waals surface area contributed by atoms with Gasteiger partial charge in [-0.3, -0.25) is 14.5 Å². The van der Waals surface area contributed by atoms with E-state index in [9.17, 15) is 27.2 Å². The Morgan fingerprint density at radius 2 is 1.81 bits per heavy atom. The number of carbonyl (C=O) groups excluding carboxylic acids is 2. The molecule has 11 heteroatoms. The maximum Gasteiger partial charge on any atom is 0.416 e. The fraction of sp³-hybridized carbons (Fsp3) is 0.160. The quantitative estimate of drug-likeness (QED) is 0.372. The molecule has 1 atom stereocenters. The van der Waals surface area contributed by atoms with Crippen LogP contribution >= 0.6 is 23.4 Å². The molecule has 4 rings (SSSR count). The second-order valence-corrected chi connectivity index (χ2v) is 9.47. The zero-order valence-corrected chi connectivity index (χ0v) is 20.0. The van der Waals surface area contributed by atoms with Crippen LogP contribution in [0.25, 0.3) is 0 Å². The van der Waals surface area contributed by atoms with E-state index < -0.39 is 34.6 Å². The molecule has 36 heavy (non-hydrogen) atoms. The highest BCUT2D eigenvalue weighted by molar-refractivity contribution is 8.15. The number of anilines is 1. The lowest BCUT2D eigenvalue weighted by Gasteiger charge is -2.32. The number of aliphatic imine (C=N–C) groups is 1. The number of amidine groups is 1. The Kier molecular flexibility index (Phi) is 7.65. The molecular weight excluding hydrogens is 518 g/mol. The second-order valence-electron chi connectivity index (χ2n) is 7.86. The van der Waals surface area contributed by atoms with E-state index in [4.69, 9.17) is 11.6 Å². The van der Waals surface area contributed by atoms with Crippen molar-refractivity contribution in [1.29, 1.82) is 0 Å². The molecule has 3 aromatic carbocycles. The van der Waals surface area contributed by atoms with E-state index in [1.165, 1.54) is 41.3 Å². The fourth-order valence-corrected chi connectivity index (χ4v) is 4.71. The summed E-state index contributed by atoms with van der Waals surface area (Å²) in [6.45, 7) is 0.00649. The average molecular weight is 536 g/mol. The van der Waals surface area contributed by atoms with E-state index >= 15 is 0 Å². The SMILES string of the molecule is O=C(Nc1cccc(Cl)c1)C1CC(=O)N(Cc2ccc(F)cc2)C(=Nc2cccc(C(F)(F)F)c2)S1. The van der Waals surface area contributed by atoms with Crippen LogP contribution in [0.15, 0.2) is 77.8 Å². The maximum absolute atomic E-state index is 13.3. The lowest BCUT2D eigenvalue weighted by molar-refractivity contribution is -0.137. The molecule has 1 aliphatic rings. The molecule has 0 spiro atoms. The largest absolute Gasteiger partial charge is 0.416 e. The van der Waals surface area contributed by atoms with Gasteiger partial charge in [0.25, 0.3) is 0 Å². The van der Waals surface area contributed by atoms with Crippen molar-refractivity contribution in [2.24, 2.45) is 4.99 Å². The number of hydrogen-bond donors (Lipinski definition) is 1. The van der Waals surface area contributed by atoms with Gasteiger partial charge in [0.1, 0.15) is 11.1 Å². The molecule has 1 N–H and O–H groups in total. The van der Waals surface area contributed by atoms with Crippen molar-refractivity contribution in [3.05, 3.63) is 94.8 Å². The first kappa shape index (κ1) is 25.7. The van der Waals surface area contributed by atoms with Gasteiger partial charge in [0.2, 0.25) is 11.8 Å². The van der Waals surface area contributed by atoms with Crippen LogP contribution in [-0.4, -0.2) is 27.1 Å². The Balaban J connectivity index is 1.64. The summed E-state index contributed by atoms with van der Waals surface area (Å²) in [5.41, 5.74) is 0.103. The van der Waals surface area contributed by atoms with Gasteiger partial charge in [0, 0.05) is 17.1 Å². The van der Waals surface area contributed by atoms with Crippen molar-refractivity contribution in [3.63, 3.8) is 0 Å². The molecule has 1 unspecified atom stereocenters. The van der Waals surface area contributed by atoms with Crippen LogP contribution in [0, 0.1) is 5.82 Å². The molecule has 0 aromatic heterocycles. The normalized spacial score (nSPS) is 17.4. The minimum Gasteiger partial charge on any atom is -0.325 e. The summed E-state index contributed by atoms with van der Waals surface area (Å²) in [5.74, 6) is -1.38. The molecule has 3 aromatic rings. The highest BCUT2D eigenvalue weighted by Crippen LogP contribution is 2.34. The Morgan fingerprint density at radius 3 is 2.50 bits per heavy atom. The third kappa shape index (κ3) is 6.44. The van der Waals surface area contributed by atoms with Gasteiger partial charge in [-0.25, -0.2) is 9.38 Å². The zero-order chi connectivity index (χ0) is 25.9. The van der Waals surface area contributed by atoms with Gasteiger partial charge >= 0.3 is 6.18 Å². The van der Waals surface area contributed by atoms with E-state index in [-0.39, 0.29) is 23.8 Å². The van der Waals surface area contributed by atoms with Crippen LogP contribution in [-0.2, 0) is 22.3 Å². The van der Waals surface area contributed by atoms with Gasteiger partial charge in [0.15, 0.2) is 5.17 Å². The first-order valence-corrected chi connectivity index (χ1v) is 11.9. The van der Waals surface area contributed by atoms with Crippen molar-refractivity contribution in [3.8, 4) is 0 Å². The smallest absolute Gasteiger partial charge is 0.325 e. The Bertz CT molecular complexity index is 1320. The summed E-state index contributed by atoms with van der Waals surface area (Å²) in [6.07, 6.45) is -4.74. The minimum atomic E-state index is -4.57. The molecule has 1 aliphatic heterocycles. The summed E-state index contributed by atoms with van der Waals surface area (Å²) >= 11 is 6.92.